The molecule has 1 aromatic carbocycles. The van der Waals surface area contributed by atoms with Crippen molar-refractivity contribution in [2.75, 3.05) is 26.8 Å². The van der Waals surface area contributed by atoms with Gasteiger partial charge in [0.05, 0.1) is 19.8 Å². The molecule has 0 saturated carbocycles. The number of ether oxygens (including phenoxy) is 2. The monoisotopic (exact) mass is 315 g/mol. The molecule has 1 aliphatic rings. The van der Waals surface area contributed by atoms with Crippen LogP contribution in [0.15, 0.2) is 4.47 Å². The van der Waals surface area contributed by atoms with Crippen molar-refractivity contribution in [2.45, 2.75) is 20.0 Å². The summed E-state index contributed by atoms with van der Waals surface area (Å²) in [6, 6.07) is 0. The first-order chi connectivity index (χ1) is 8.57. The van der Waals surface area contributed by atoms with Crippen LogP contribution in [0, 0.1) is 13.8 Å². The minimum absolute atomic E-state index is 0.135. The van der Waals surface area contributed by atoms with E-state index in [0.29, 0.717) is 18.9 Å². The van der Waals surface area contributed by atoms with Gasteiger partial charge in [0.25, 0.3) is 0 Å². The van der Waals surface area contributed by atoms with E-state index in [9.17, 15) is 5.11 Å². The predicted octanol–water partition coefficient (Wildman–Crippen LogP) is 2.44. The Balaban J connectivity index is 2.54. The molecule has 1 saturated heterocycles. The van der Waals surface area contributed by atoms with Gasteiger partial charge in [0, 0.05) is 28.7 Å². The molecule has 0 bridgehead atoms. The van der Waals surface area contributed by atoms with Crippen molar-refractivity contribution in [2.24, 2.45) is 0 Å². The number of benzene rings is 1. The zero-order valence-corrected chi connectivity index (χ0v) is 12.4. The van der Waals surface area contributed by atoms with Crippen molar-refractivity contribution in [1.82, 2.24) is 5.32 Å². The van der Waals surface area contributed by atoms with Gasteiger partial charge in [-0.2, -0.15) is 0 Å². The Kier molecular flexibility index (Phi) is 4.14. The summed E-state index contributed by atoms with van der Waals surface area (Å²) in [6.45, 7) is 6.09. The molecule has 100 valence electrons. The van der Waals surface area contributed by atoms with Gasteiger partial charge < -0.3 is 19.9 Å². The van der Waals surface area contributed by atoms with E-state index >= 15 is 0 Å². The molecule has 5 heteroatoms. The van der Waals surface area contributed by atoms with Crippen molar-refractivity contribution in [3.05, 3.63) is 21.2 Å². The number of phenolic OH excluding ortho intramolecular Hbond substituents is 1. The highest BCUT2D eigenvalue weighted by molar-refractivity contribution is 9.10. The lowest BCUT2D eigenvalue weighted by Gasteiger charge is -2.27. The van der Waals surface area contributed by atoms with Gasteiger partial charge in [0.15, 0.2) is 11.5 Å². The lowest BCUT2D eigenvalue weighted by atomic mass is 9.98. The molecule has 2 rings (SSSR count). The van der Waals surface area contributed by atoms with Crippen molar-refractivity contribution in [3.8, 4) is 11.5 Å². The summed E-state index contributed by atoms with van der Waals surface area (Å²) in [5.41, 5.74) is 2.70. The van der Waals surface area contributed by atoms with E-state index in [0.717, 1.165) is 27.7 Å². The molecule has 0 aliphatic carbocycles. The highest BCUT2D eigenvalue weighted by Crippen LogP contribution is 2.44. The zero-order valence-electron chi connectivity index (χ0n) is 10.8. The second-order valence-electron chi connectivity index (χ2n) is 4.42. The molecule has 0 amide bonds. The van der Waals surface area contributed by atoms with Crippen LogP contribution in [0.1, 0.15) is 22.8 Å². The van der Waals surface area contributed by atoms with Crippen LogP contribution in [-0.4, -0.2) is 31.9 Å². The normalized spacial score (nSPS) is 19.9. The molecule has 0 radical (unpaired) electrons. The Bertz CT molecular complexity index is 456. The summed E-state index contributed by atoms with van der Waals surface area (Å²) < 4.78 is 12.0. The van der Waals surface area contributed by atoms with Gasteiger partial charge >= 0.3 is 0 Å². The van der Waals surface area contributed by atoms with Crippen LogP contribution in [0.2, 0.25) is 0 Å². The Morgan fingerprint density at radius 3 is 2.67 bits per heavy atom. The summed E-state index contributed by atoms with van der Waals surface area (Å²) in [5, 5.41) is 13.6. The Morgan fingerprint density at radius 2 is 2.11 bits per heavy atom. The molecule has 1 fully saturated rings. The fourth-order valence-corrected chi connectivity index (χ4v) is 2.76. The first-order valence-corrected chi connectivity index (χ1v) is 6.75. The van der Waals surface area contributed by atoms with Crippen molar-refractivity contribution < 1.29 is 14.6 Å². The number of halogens is 1. The minimum atomic E-state index is -0.135. The summed E-state index contributed by atoms with van der Waals surface area (Å²) in [7, 11) is 1.56. The number of methoxy groups -OCH3 is 1. The second kappa shape index (κ2) is 5.47. The van der Waals surface area contributed by atoms with E-state index in [1.807, 2.05) is 13.8 Å². The first-order valence-electron chi connectivity index (χ1n) is 5.95. The van der Waals surface area contributed by atoms with Gasteiger partial charge in [0.1, 0.15) is 0 Å². The third-order valence-electron chi connectivity index (χ3n) is 3.33. The Labute approximate surface area is 115 Å². The van der Waals surface area contributed by atoms with Crippen LogP contribution in [0.25, 0.3) is 0 Å². The van der Waals surface area contributed by atoms with Crippen molar-refractivity contribution in [1.29, 1.82) is 0 Å². The number of rotatable bonds is 2. The number of nitrogens with one attached hydrogen (secondary N) is 1. The van der Waals surface area contributed by atoms with Crippen molar-refractivity contribution >= 4 is 15.9 Å². The maximum Gasteiger partial charge on any atom is 0.164 e. The van der Waals surface area contributed by atoms with Gasteiger partial charge in [0.2, 0.25) is 0 Å². The van der Waals surface area contributed by atoms with Crippen LogP contribution >= 0.6 is 15.9 Å². The second-order valence-corrected chi connectivity index (χ2v) is 5.22. The Hall–Kier alpha value is -0.780. The average Bonchev–Trinajstić information content (AvgIpc) is 2.38. The van der Waals surface area contributed by atoms with E-state index < -0.39 is 0 Å². The van der Waals surface area contributed by atoms with Gasteiger partial charge in [-0.1, -0.05) is 15.9 Å². The fraction of sp³-hybridized carbons (Fsp3) is 0.538. The summed E-state index contributed by atoms with van der Waals surface area (Å²) in [4.78, 5) is 0. The molecule has 1 aromatic rings. The van der Waals surface area contributed by atoms with Crippen molar-refractivity contribution in [3.63, 3.8) is 0 Å². The molecule has 18 heavy (non-hydrogen) atoms. The lowest BCUT2D eigenvalue weighted by molar-refractivity contribution is 0.0256. The SMILES string of the molecule is COc1c(C)c(Br)c(C)c(C2CNCCO2)c1O. The summed E-state index contributed by atoms with van der Waals surface area (Å²) in [5.74, 6) is 0.695. The molecular weight excluding hydrogens is 298 g/mol. The van der Waals surface area contributed by atoms with E-state index in [-0.39, 0.29) is 11.9 Å². The molecule has 4 nitrogen and oxygen atoms in total. The number of phenols is 1. The topological polar surface area (TPSA) is 50.7 Å². The van der Waals surface area contributed by atoms with Gasteiger partial charge in [-0.05, 0) is 19.4 Å². The van der Waals surface area contributed by atoms with Gasteiger partial charge in [-0.15, -0.1) is 0 Å². The first kappa shape index (κ1) is 13.6. The van der Waals surface area contributed by atoms with E-state index in [1.54, 1.807) is 7.11 Å². The van der Waals surface area contributed by atoms with E-state index in [4.69, 9.17) is 9.47 Å². The van der Waals surface area contributed by atoms with Crippen LogP contribution in [-0.2, 0) is 4.74 Å². The third-order valence-corrected chi connectivity index (χ3v) is 4.52. The van der Waals surface area contributed by atoms with Gasteiger partial charge in [-0.3, -0.25) is 0 Å². The number of hydrogen-bond donors (Lipinski definition) is 2. The lowest BCUT2D eigenvalue weighted by Crippen LogP contribution is -2.33. The minimum Gasteiger partial charge on any atom is -0.504 e. The number of morpholine rings is 1. The van der Waals surface area contributed by atoms with Crippen LogP contribution in [0.4, 0.5) is 0 Å². The third kappa shape index (κ3) is 2.22. The predicted molar refractivity (Wildman–Crippen MR) is 73.4 cm³/mol. The van der Waals surface area contributed by atoms with E-state index in [2.05, 4.69) is 21.2 Å². The zero-order chi connectivity index (χ0) is 13.3. The quantitative estimate of drug-likeness (QED) is 0.880. The molecule has 1 heterocycles. The largest absolute Gasteiger partial charge is 0.504 e. The molecule has 1 atom stereocenters. The fourth-order valence-electron chi connectivity index (χ4n) is 2.37. The standard InChI is InChI=1S/C13H18BrNO3/c1-7-10(9-6-15-4-5-18-9)12(16)13(17-3)8(2)11(7)14/h9,15-16H,4-6H2,1-3H3. The van der Waals surface area contributed by atoms with E-state index in [1.165, 1.54) is 0 Å². The number of aromatic hydroxyl groups is 1. The average molecular weight is 316 g/mol. The number of hydrogen-bond acceptors (Lipinski definition) is 4. The smallest absolute Gasteiger partial charge is 0.164 e. The highest BCUT2D eigenvalue weighted by Gasteiger charge is 2.26. The maximum atomic E-state index is 10.4. The maximum absolute atomic E-state index is 10.4. The molecule has 2 N–H and O–H groups in total. The highest BCUT2D eigenvalue weighted by atomic mass is 79.9. The molecule has 1 aliphatic heterocycles. The van der Waals surface area contributed by atoms with Gasteiger partial charge in [-0.25, -0.2) is 0 Å². The summed E-state index contributed by atoms with van der Waals surface area (Å²) in [6.07, 6.45) is -0.135. The molecule has 0 aromatic heterocycles. The van der Waals surface area contributed by atoms with Crippen LogP contribution < -0.4 is 10.1 Å². The molecular formula is C13H18BrNO3. The van der Waals surface area contributed by atoms with Crippen LogP contribution in [0.5, 0.6) is 11.5 Å². The summed E-state index contributed by atoms with van der Waals surface area (Å²) >= 11 is 3.56. The Morgan fingerprint density at radius 1 is 1.39 bits per heavy atom. The van der Waals surface area contributed by atoms with Crippen LogP contribution in [0.3, 0.4) is 0 Å². The molecule has 1 unspecified atom stereocenters. The molecule has 0 spiro atoms.